The Bertz CT molecular complexity index is 912. The highest BCUT2D eigenvalue weighted by molar-refractivity contribution is 5.80. The van der Waals surface area contributed by atoms with E-state index in [2.05, 4.69) is 52.2 Å². The fraction of sp³-hybridized carbons (Fsp3) is 0.409. The highest BCUT2D eigenvalue weighted by atomic mass is 16.5. The molecule has 2 heterocycles. The number of nitrogens with zero attached hydrogens (tertiary/aromatic N) is 3. The lowest BCUT2D eigenvalue weighted by Gasteiger charge is -2.25. The minimum Gasteiger partial charge on any atom is -0.497 e. The fourth-order valence-corrected chi connectivity index (χ4v) is 3.81. The third kappa shape index (κ3) is 4.08. The predicted octanol–water partition coefficient (Wildman–Crippen LogP) is 4.18. The first-order valence-electron chi connectivity index (χ1n) is 9.77. The Morgan fingerprint density at radius 1 is 1.07 bits per heavy atom. The van der Waals surface area contributed by atoms with Gasteiger partial charge in [-0.05, 0) is 61.8 Å². The smallest absolute Gasteiger partial charge is 0.123 e. The molecule has 3 aromatic rings. The van der Waals surface area contributed by atoms with Crippen molar-refractivity contribution in [2.24, 2.45) is 7.05 Å². The van der Waals surface area contributed by atoms with E-state index in [1.807, 2.05) is 12.1 Å². The van der Waals surface area contributed by atoms with Crippen molar-refractivity contribution in [1.29, 1.82) is 0 Å². The molecule has 1 fully saturated rings. The third-order valence-corrected chi connectivity index (χ3v) is 5.42. The van der Waals surface area contributed by atoms with Gasteiger partial charge in [0.25, 0.3) is 0 Å². The van der Waals surface area contributed by atoms with Crippen LogP contribution in [-0.2, 0) is 20.1 Å². The van der Waals surface area contributed by atoms with Crippen molar-refractivity contribution >= 4 is 16.7 Å². The van der Waals surface area contributed by atoms with Gasteiger partial charge < -0.3 is 14.6 Å². The number of ether oxygens (including phenoxy) is 1. The summed E-state index contributed by atoms with van der Waals surface area (Å²) in [6.45, 7) is 4.08. The number of hydrogen-bond acceptors (Lipinski definition) is 4. The van der Waals surface area contributed by atoms with Crippen LogP contribution in [0, 0.1) is 0 Å². The molecule has 5 heteroatoms. The van der Waals surface area contributed by atoms with Gasteiger partial charge in [0.1, 0.15) is 11.6 Å². The molecular weight excluding hydrogens is 336 g/mol. The Morgan fingerprint density at radius 3 is 2.74 bits per heavy atom. The number of benzene rings is 2. The molecule has 1 N–H and O–H groups in total. The first kappa shape index (κ1) is 17.9. The lowest BCUT2D eigenvalue weighted by molar-refractivity contribution is 0.214. The zero-order chi connectivity index (χ0) is 18.6. The van der Waals surface area contributed by atoms with Crippen LogP contribution >= 0.6 is 0 Å². The summed E-state index contributed by atoms with van der Waals surface area (Å²) in [4.78, 5) is 7.43. The van der Waals surface area contributed by atoms with Gasteiger partial charge in [-0.25, -0.2) is 4.98 Å². The van der Waals surface area contributed by atoms with Crippen LogP contribution < -0.4 is 10.1 Å². The van der Waals surface area contributed by atoms with Gasteiger partial charge in [-0.1, -0.05) is 18.6 Å². The predicted molar refractivity (Wildman–Crippen MR) is 110 cm³/mol. The zero-order valence-electron chi connectivity index (χ0n) is 16.2. The fourth-order valence-electron chi connectivity index (χ4n) is 3.81. The molecule has 1 aliphatic rings. The lowest BCUT2D eigenvalue weighted by atomic mass is 10.1. The van der Waals surface area contributed by atoms with Gasteiger partial charge >= 0.3 is 0 Å². The summed E-state index contributed by atoms with van der Waals surface area (Å²) in [6.07, 6.45) is 3.98. The highest BCUT2D eigenvalue weighted by Crippen LogP contribution is 2.22. The average molecular weight is 364 g/mol. The van der Waals surface area contributed by atoms with Gasteiger partial charge in [0, 0.05) is 19.3 Å². The minimum atomic E-state index is 0.760. The Kier molecular flexibility index (Phi) is 5.30. The van der Waals surface area contributed by atoms with Gasteiger partial charge in [0.15, 0.2) is 0 Å². The van der Waals surface area contributed by atoms with E-state index in [4.69, 9.17) is 9.72 Å². The number of imidazole rings is 1. The Balaban J connectivity index is 1.48. The normalized spacial score (nSPS) is 15.2. The van der Waals surface area contributed by atoms with Crippen LogP contribution in [0.15, 0.2) is 42.5 Å². The maximum absolute atomic E-state index is 5.30. The van der Waals surface area contributed by atoms with Crippen molar-refractivity contribution in [1.82, 2.24) is 14.5 Å². The molecular formula is C22H28N4O. The summed E-state index contributed by atoms with van der Waals surface area (Å²) in [5.41, 5.74) is 4.53. The molecule has 1 saturated heterocycles. The van der Waals surface area contributed by atoms with Crippen molar-refractivity contribution in [3.63, 3.8) is 0 Å². The molecule has 5 nitrogen and oxygen atoms in total. The van der Waals surface area contributed by atoms with E-state index in [9.17, 15) is 0 Å². The number of piperidine rings is 1. The van der Waals surface area contributed by atoms with E-state index in [0.717, 1.165) is 35.9 Å². The van der Waals surface area contributed by atoms with Gasteiger partial charge in [0.05, 0.1) is 24.7 Å². The summed E-state index contributed by atoms with van der Waals surface area (Å²) in [5.74, 6) is 2.04. The van der Waals surface area contributed by atoms with Gasteiger partial charge in [-0.3, -0.25) is 4.90 Å². The summed E-state index contributed by atoms with van der Waals surface area (Å²) in [6, 6.07) is 14.6. The highest BCUT2D eigenvalue weighted by Gasteiger charge is 2.15. The molecule has 0 unspecified atom stereocenters. The minimum absolute atomic E-state index is 0.760. The molecule has 142 valence electrons. The van der Waals surface area contributed by atoms with E-state index in [0.29, 0.717) is 0 Å². The summed E-state index contributed by atoms with van der Waals surface area (Å²) >= 11 is 0. The standard InChI is InChI=1S/C22H28N4O/c1-25-21-10-9-18(23-15-17-7-6-8-19(13-17)27-2)14-20(21)24-22(25)16-26-11-4-3-5-12-26/h6-10,13-14,23H,3-5,11-12,15-16H2,1-2H3. The molecule has 0 atom stereocenters. The van der Waals surface area contributed by atoms with E-state index in [-0.39, 0.29) is 0 Å². The topological polar surface area (TPSA) is 42.3 Å². The van der Waals surface area contributed by atoms with Crippen LogP contribution in [0.5, 0.6) is 5.75 Å². The van der Waals surface area contributed by atoms with E-state index in [1.54, 1.807) is 7.11 Å². The maximum atomic E-state index is 5.30. The molecule has 0 saturated carbocycles. The van der Waals surface area contributed by atoms with Crippen LogP contribution in [0.4, 0.5) is 5.69 Å². The molecule has 0 aliphatic carbocycles. The monoisotopic (exact) mass is 364 g/mol. The van der Waals surface area contributed by atoms with E-state index >= 15 is 0 Å². The number of aryl methyl sites for hydroxylation is 1. The van der Waals surface area contributed by atoms with Gasteiger partial charge in [-0.15, -0.1) is 0 Å². The Morgan fingerprint density at radius 2 is 1.93 bits per heavy atom. The number of rotatable bonds is 6. The number of nitrogens with one attached hydrogen (secondary N) is 1. The van der Waals surface area contributed by atoms with Crippen LogP contribution in [0.1, 0.15) is 30.7 Å². The van der Waals surface area contributed by atoms with Crippen molar-refractivity contribution in [2.75, 3.05) is 25.5 Å². The second-order valence-electron chi connectivity index (χ2n) is 7.33. The van der Waals surface area contributed by atoms with Crippen LogP contribution in [-0.4, -0.2) is 34.7 Å². The molecule has 0 spiro atoms. The number of aromatic nitrogens is 2. The second kappa shape index (κ2) is 8.01. The third-order valence-electron chi connectivity index (χ3n) is 5.42. The van der Waals surface area contributed by atoms with Crippen molar-refractivity contribution in [2.45, 2.75) is 32.4 Å². The van der Waals surface area contributed by atoms with Crippen molar-refractivity contribution < 1.29 is 4.74 Å². The quantitative estimate of drug-likeness (QED) is 0.712. The molecule has 2 aromatic carbocycles. The summed E-state index contributed by atoms with van der Waals surface area (Å²) < 4.78 is 7.53. The molecule has 0 amide bonds. The van der Waals surface area contributed by atoms with Crippen LogP contribution in [0.3, 0.4) is 0 Å². The Labute approximate surface area is 161 Å². The zero-order valence-corrected chi connectivity index (χ0v) is 16.2. The molecule has 1 aromatic heterocycles. The van der Waals surface area contributed by atoms with Crippen molar-refractivity contribution in [3.05, 3.63) is 53.9 Å². The summed E-state index contributed by atoms with van der Waals surface area (Å²) in [5, 5.41) is 3.50. The van der Waals surface area contributed by atoms with Crippen LogP contribution in [0.25, 0.3) is 11.0 Å². The van der Waals surface area contributed by atoms with Gasteiger partial charge in [-0.2, -0.15) is 0 Å². The maximum Gasteiger partial charge on any atom is 0.123 e. The number of likely N-dealkylation sites (tertiary alicyclic amines) is 1. The first-order valence-corrected chi connectivity index (χ1v) is 9.77. The van der Waals surface area contributed by atoms with Crippen molar-refractivity contribution in [3.8, 4) is 5.75 Å². The molecule has 27 heavy (non-hydrogen) atoms. The average Bonchev–Trinajstić information content (AvgIpc) is 3.02. The lowest BCUT2D eigenvalue weighted by Crippen LogP contribution is -2.30. The Hall–Kier alpha value is -2.53. The number of hydrogen-bond donors (Lipinski definition) is 1. The second-order valence-corrected chi connectivity index (χ2v) is 7.33. The molecule has 0 radical (unpaired) electrons. The largest absolute Gasteiger partial charge is 0.497 e. The molecule has 1 aliphatic heterocycles. The number of methoxy groups -OCH3 is 1. The van der Waals surface area contributed by atoms with E-state index in [1.165, 1.54) is 43.4 Å². The van der Waals surface area contributed by atoms with Gasteiger partial charge in [0.2, 0.25) is 0 Å². The summed E-state index contributed by atoms with van der Waals surface area (Å²) in [7, 11) is 3.82. The molecule has 4 rings (SSSR count). The SMILES string of the molecule is COc1cccc(CNc2ccc3c(c2)nc(CN2CCCCC2)n3C)c1. The first-order chi connectivity index (χ1) is 13.2. The molecule has 0 bridgehead atoms. The number of anilines is 1. The van der Waals surface area contributed by atoms with E-state index < -0.39 is 0 Å². The number of fused-ring (bicyclic) bond motifs is 1. The van der Waals surface area contributed by atoms with Crippen LogP contribution in [0.2, 0.25) is 0 Å².